The van der Waals surface area contributed by atoms with E-state index in [-0.39, 0.29) is 10.8 Å². The molecule has 0 aliphatic rings. The molecule has 0 aromatic heterocycles. The molecular formula is C23H24N2O5S. The summed E-state index contributed by atoms with van der Waals surface area (Å²) < 4.78 is 37.5. The Kier molecular flexibility index (Phi) is 6.50. The second kappa shape index (κ2) is 9.09. The third-order valence-electron chi connectivity index (χ3n) is 4.79. The minimum absolute atomic E-state index is 0.121. The second-order valence-electron chi connectivity index (χ2n) is 6.86. The Balaban J connectivity index is 1.86. The average molecular weight is 441 g/mol. The molecule has 8 heteroatoms. The topological polar surface area (TPSA) is 84.9 Å². The number of anilines is 2. The van der Waals surface area contributed by atoms with E-state index in [1.54, 1.807) is 42.5 Å². The zero-order valence-corrected chi connectivity index (χ0v) is 18.6. The van der Waals surface area contributed by atoms with Gasteiger partial charge in [0.15, 0.2) is 0 Å². The van der Waals surface area contributed by atoms with Crippen molar-refractivity contribution in [1.29, 1.82) is 0 Å². The number of methoxy groups -OCH3 is 2. The highest BCUT2D eigenvalue weighted by atomic mass is 32.2. The average Bonchev–Trinajstić information content (AvgIpc) is 2.78. The summed E-state index contributed by atoms with van der Waals surface area (Å²) in [4.78, 5) is 12.9. The lowest BCUT2D eigenvalue weighted by Crippen LogP contribution is -2.26. The van der Waals surface area contributed by atoms with Gasteiger partial charge >= 0.3 is 0 Å². The van der Waals surface area contributed by atoms with Crippen molar-refractivity contribution in [2.24, 2.45) is 0 Å². The van der Waals surface area contributed by atoms with Gasteiger partial charge in [-0.1, -0.05) is 12.1 Å². The molecule has 0 spiro atoms. The van der Waals surface area contributed by atoms with Crippen LogP contribution in [0, 0.1) is 6.92 Å². The molecule has 0 fully saturated rings. The number of carbonyl (C=O) groups excluding carboxylic acids is 1. The summed E-state index contributed by atoms with van der Waals surface area (Å²) in [7, 11) is 0.676. The number of carbonyl (C=O) groups is 1. The molecule has 7 nitrogen and oxygen atoms in total. The van der Waals surface area contributed by atoms with Gasteiger partial charge in [0, 0.05) is 12.6 Å². The molecule has 0 bridgehead atoms. The van der Waals surface area contributed by atoms with Crippen LogP contribution in [0.3, 0.4) is 0 Å². The molecule has 3 rings (SSSR count). The highest BCUT2D eigenvalue weighted by Gasteiger charge is 2.22. The zero-order valence-electron chi connectivity index (χ0n) is 17.7. The van der Waals surface area contributed by atoms with Crippen LogP contribution in [-0.4, -0.2) is 35.6 Å². The number of nitrogens with one attached hydrogen (secondary N) is 1. The highest BCUT2D eigenvalue weighted by Crippen LogP contribution is 2.27. The molecule has 0 aliphatic carbocycles. The number of amides is 1. The Bertz CT molecular complexity index is 1190. The van der Waals surface area contributed by atoms with Crippen LogP contribution in [0.1, 0.15) is 15.9 Å². The highest BCUT2D eigenvalue weighted by molar-refractivity contribution is 7.92. The summed E-state index contributed by atoms with van der Waals surface area (Å²) in [6.07, 6.45) is 0. The number of sulfonamides is 1. The van der Waals surface area contributed by atoms with Crippen LogP contribution in [0.4, 0.5) is 11.4 Å². The fourth-order valence-electron chi connectivity index (χ4n) is 3.00. The fraction of sp³-hybridized carbons (Fsp3) is 0.174. The number of hydrogen-bond acceptors (Lipinski definition) is 5. The maximum Gasteiger partial charge on any atom is 0.264 e. The van der Waals surface area contributed by atoms with E-state index in [0.29, 0.717) is 28.4 Å². The molecule has 0 saturated carbocycles. The van der Waals surface area contributed by atoms with Crippen LogP contribution in [0.5, 0.6) is 11.5 Å². The summed E-state index contributed by atoms with van der Waals surface area (Å²) in [6.45, 7) is 1.91. The molecule has 0 saturated heterocycles. The molecule has 1 N–H and O–H groups in total. The molecule has 3 aromatic rings. The maximum atomic E-state index is 13.0. The minimum Gasteiger partial charge on any atom is -0.497 e. The van der Waals surface area contributed by atoms with Crippen LogP contribution in [0.15, 0.2) is 71.6 Å². The van der Waals surface area contributed by atoms with Crippen LogP contribution in [0.25, 0.3) is 0 Å². The second-order valence-corrected chi connectivity index (χ2v) is 8.83. The number of hydrogen-bond donors (Lipinski definition) is 1. The molecule has 162 valence electrons. The summed E-state index contributed by atoms with van der Waals surface area (Å²) in [5.74, 6) is 0.724. The van der Waals surface area contributed by atoms with Crippen molar-refractivity contribution in [1.82, 2.24) is 0 Å². The minimum atomic E-state index is -3.81. The summed E-state index contributed by atoms with van der Waals surface area (Å²) >= 11 is 0. The summed E-state index contributed by atoms with van der Waals surface area (Å²) in [5, 5.41) is 2.82. The quantitative estimate of drug-likeness (QED) is 0.598. The van der Waals surface area contributed by atoms with Gasteiger partial charge in [-0.25, -0.2) is 8.42 Å². The smallest absolute Gasteiger partial charge is 0.264 e. The van der Waals surface area contributed by atoms with E-state index < -0.39 is 10.0 Å². The monoisotopic (exact) mass is 440 g/mol. The van der Waals surface area contributed by atoms with Gasteiger partial charge in [-0.2, -0.15) is 0 Å². The van der Waals surface area contributed by atoms with Gasteiger partial charge in [0.25, 0.3) is 15.9 Å². The predicted octanol–water partition coefficient (Wildman–Crippen LogP) is 4.09. The molecule has 3 aromatic carbocycles. The van der Waals surface area contributed by atoms with E-state index in [4.69, 9.17) is 9.47 Å². The van der Waals surface area contributed by atoms with Gasteiger partial charge < -0.3 is 14.8 Å². The van der Waals surface area contributed by atoms with Crippen LogP contribution >= 0.6 is 0 Å². The number of ether oxygens (including phenoxy) is 2. The Morgan fingerprint density at radius 3 is 2.29 bits per heavy atom. The summed E-state index contributed by atoms with van der Waals surface area (Å²) in [6, 6.07) is 18.0. The lowest BCUT2D eigenvalue weighted by molar-refractivity contribution is 0.102. The molecule has 0 unspecified atom stereocenters. The van der Waals surface area contributed by atoms with Crippen molar-refractivity contribution in [2.75, 3.05) is 30.9 Å². The maximum absolute atomic E-state index is 13.0. The SMILES string of the molecule is COc1ccc(S(=O)(=O)N(C)c2cccc(C(=O)Nc3cc(C)ccc3OC)c2)cc1. The first-order valence-corrected chi connectivity index (χ1v) is 10.9. The molecule has 31 heavy (non-hydrogen) atoms. The lowest BCUT2D eigenvalue weighted by Gasteiger charge is -2.20. The van der Waals surface area contributed by atoms with E-state index in [1.165, 1.54) is 39.5 Å². The van der Waals surface area contributed by atoms with E-state index >= 15 is 0 Å². The molecule has 0 heterocycles. The zero-order chi connectivity index (χ0) is 22.6. The van der Waals surface area contributed by atoms with E-state index in [2.05, 4.69) is 5.32 Å². The van der Waals surface area contributed by atoms with Crippen LogP contribution in [0.2, 0.25) is 0 Å². The first kappa shape index (κ1) is 22.2. The molecular weight excluding hydrogens is 416 g/mol. The van der Waals surface area contributed by atoms with Gasteiger partial charge in [-0.05, 0) is 67.1 Å². The van der Waals surface area contributed by atoms with Gasteiger partial charge in [0.05, 0.1) is 30.5 Å². The first-order valence-electron chi connectivity index (χ1n) is 9.45. The number of nitrogens with zero attached hydrogens (tertiary/aromatic N) is 1. The Morgan fingerprint density at radius 2 is 1.65 bits per heavy atom. The van der Waals surface area contributed by atoms with E-state index in [9.17, 15) is 13.2 Å². The lowest BCUT2D eigenvalue weighted by atomic mass is 10.1. The molecule has 0 aliphatic heterocycles. The number of rotatable bonds is 7. The van der Waals surface area contributed by atoms with Gasteiger partial charge in [0.2, 0.25) is 0 Å². The van der Waals surface area contributed by atoms with Gasteiger partial charge in [-0.15, -0.1) is 0 Å². The summed E-state index contributed by atoms with van der Waals surface area (Å²) in [5.41, 5.74) is 2.18. The largest absolute Gasteiger partial charge is 0.497 e. The number of benzene rings is 3. The van der Waals surface area contributed by atoms with Crippen molar-refractivity contribution >= 4 is 27.3 Å². The van der Waals surface area contributed by atoms with E-state index in [0.717, 1.165) is 9.87 Å². The van der Waals surface area contributed by atoms with Crippen molar-refractivity contribution in [3.63, 3.8) is 0 Å². The van der Waals surface area contributed by atoms with Gasteiger partial charge in [0.1, 0.15) is 11.5 Å². The standard InChI is InChI=1S/C23H24N2O5S/c1-16-8-13-22(30-4)21(14-16)24-23(26)17-6-5-7-18(15-17)25(2)31(27,28)20-11-9-19(29-3)10-12-20/h5-15H,1-4H3,(H,24,26). The molecule has 1 amide bonds. The molecule has 0 atom stereocenters. The van der Waals surface area contributed by atoms with Crippen LogP contribution in [-0.2, 0) is 10.0 Å². The Labute approximate surface area is 182 Å². The van der Waals surface area contributed by atoms with Crippen molar-refractivity contribution < 1.29 is 22.7 Å². The van der Waals surface area contributed by atoms with Crippen molar-refractivity contribution in [2.45, 2.75) is 11.8 Å². The fourth-order valence-corrected chi connectivity index (χ4v) is 4.19. The third kappa shape index (κ3) is 4.80. The van der Waals surface area contributed by atoms with Crippen LogP contribution < -0.4 is 19.1 Å². The number of aryl methyl sites for hydroxylation is 1. The third-order valence-corrected chi connectivity index (χ3v) is 6.59. The normalized spacial score (nSPS) is 11.0. The Hall–Kier alpha value is -3.52. The van der Waals surface area contributed by atoms with Crippen molar-refractivity contribution in [3.8, 4) is 11.5 Å². The molecule has 0 radical (unpaired) electrons. The Morgan fingerprint density at radius 1 is 0.935 bits per heavy atom. The predicted molar refractivity (Wildman–Crippen MR) is 121 cm³/mol. The first-order chi connectivity index (χ1) is 14.8. The van der Waals surface area contributed by atoms with Crippen molar-refractivity contribution in [3.05, 3.63) is 77.9 Å². The van der Waals surface area contributed by atoms with Gasteiger partial charge in [-0.3, -0.25) is 9.10 Å². The van der Waals surface area contributed by atoms with E-state index in [1.807, 2.05) is 13.0 Å².